The molecule has 1 aromatic rings. The number of hydrogen-bond donors (Lipinski definition) is 1. The lowest BCUT2D eigenvalue weighted by Crippen LogP contribution is -2.16. The molecule has 0 spiro atoms. The van der Waals surface area contributed by atoms with Gasteiger partial charge in [-0.2, -0.15) is 0 Å². The Bertz CT molecular complexity index is 441. The van der Waals surface area contributed by atoms with Gasteiger partial charge in [-0.25, -0.2) is 0 Å². The molecule has 0 heterocycles. The van der Waals surface area contributed by atoms with Crippen LogP contribution in [0.2, 0.25) is 0 Å². The van der Waals surface area contributed by atoms with Gasteiger partial charge in [-0.1, -0.05) is 12.8 Å². The lowest BCUT2D eigenvalue weighted by molar-refractivity contribution is 0.390. The molecule has 0 atom stereocenters. The maximum atomic E-state index is 5.45. The van der Waals surface area contributed by atoms with Crippen LogP contribution >= 0.6 is 11.8 Å². The van der Waals surface area contributed by atoms with Crippen molar-refractivity contribution in [2.24, 2.45) is 0 Å². The number of nitrogens with one attached hydrogen (secondary N) is 1. The van der Waals surface area contributed by atoms with E-state index < -0.39 is 0 Å². The predicted octanol–water partition coefficient (Wildman–Crippen LogP) is 2.58. The molecule has 0 saturated carbocycles. The normalized spacial score (nSPS) is 10.0. The van der Waals surface area contributed by atoms with Crippen molar-refractivity contribution >= 4 is 11.8 Å². The zero-order valence-electron chi connectivity index (χ0n) is 11.8. The van der Waals surface area contributed by atoms with Gasteiger partial charge in [-0.05, 0) is 37.2 Å². The zero-order chi connectivity index (χ0) is 14.1. The molecule has 19 heavy (non-hydrogen) atoms. The fourth-order valence-electron chi connectivity index (χ4n) is 1.76. The second kappa shape index (κ2) is 8.73. The molecule has 1 rings (SSSR count). The topological polar surface area (TPSA) is 30.5 Å². The smallest absolute Gasteiger partial charge is 0.132 e. The summed E-state index contributed by atoms with van der Waals surface area (Å²) in [6.07, 6.45) is 6.21. The van der Waals surface area contributed by atoms with Crippen LogP contribution < -0.4 is 14.8 Å². The molecule has 0 aliphatic carbocycles. The fraction of sp³-hybridized carbons (Fsp3) is 0.467. The maximum absolute atomic E-state index is 5.45. The first-order chi connectivity index (χ1) is 9.26. The van der Waals surface area contributed by atoms with Crippen molar-refractivity contribution in [2.75, 3.05) is 33.1 Å². The van der Waals surface area contributed by atoms with Gasteiger partial charge in [-0.15, -0.1) is 18.2 Å². The molecule has 0 aliphatic rings. The van der Waals surface area contributed by atoms with Crippen LogP contribution in [0.3, 0.4) is 0 Å². The van der Waals surface area contributed by atoms with Crippen molar-refractivity contribution in [1.29, 1.82) is 0 Å². The number of benzene rings is 1. The van der Waals surface area contributed by atoms with Crippen LogP contribution in [0.15, 0.2) is 17.0 Å². The third kappa shape index (κ3) is 4.70. The van der Waals surface area contributed by atoms with E-state index in [0.717, 1.165) is 41.5 Å². The highest BCUT2D eigenvalue weighted by Gasteiger charge is 2.11. The Morgan fingerprint density at radius 3 is 2.58 bits per heavy atom. The Balaban J connectivity index is 2.94. The molecule has 1 N–H and O–H groups in total. The Hall–Kier alpha value is -1.31. The SMILES string of the molecule is C#CCSc1cc(OC)c(CCNCC)cc1OC. The molecule has 4 heteroatoms. The van der Waals surface area contributed by atoms with Gasteiger partial charge in [0.25, 0.3) is 0 Å². The number of terminal acetylenes is 1. The van der Waals surface area contributed by atoms with Crippen LogP contribution in [0.4, 0.5) is 0 Å². The number of thioether (sulfide) groups is 1. The van der Waals surface area contributed by atoms with Crippen molar-refractivity contribution < 1.29 is 9.47 Å². The van der Waals surface area contributed by atoms with Crippen molar-refractivity contribution in [2.45, 2.75) is 18.2 Å². The number of methoxy groups -OCH3 is 2. The molecule has 104 valence electrons. The van der Waals surface area contributed by atoms with Gasteiger partial charge >= 0.3 is 0 Å². The summed E-state index contributed by atoms with van der Waals surface area (Å²) in [5.41, 5.74) is 1.14. The summed E-state index contributed by atoms with van der Waals surface area (Å²) in [6, 6.07) is 4.04. The molecule has 1 aromatic carbocycles. The third-order valence-electron chi connectivity index (χ3n) is 2.70. The Kier molecular flexibility index (Phi) is 7.24. The molecule has 0 saturated heterocycles. The molecule has 0 aromatic heterocycles. The zero-order valence-corrected chi connectivity index (χ0v) is 12.6. The van der Waals surface area contributed by atoms with Gasteiger partial charge in [0.1, 0.15) is 11.5 Å². The summed E-state index contributed by atoms with van der Waals surface area (Å²) in [7, 11) is 3.37. The van der Waals surface area contributed by atoms with Gasteiger partial charge in [0.15, 0.2) is 0 Å². The van der Waals surface area contributed by atoms with E-state index in [1.165, 1.54) is 0 Å². The standard InChI is InChI=1S/C15H21NO2S/c1-5-9-19-15-11-13(17-3)12(7-8-16-6-2)10-14(15)18-4/h1,10-11,16H,6-9H2,2-4H3. The summed E-state index contributed by atoms with van der Waals surface area (Å²) in [5, 5.41) is 3.31. The number of likely N-dealkylation sites (N-methyl/N-ethyl adjacent to an activating group) is 1. The third-order valence-corrected chi connectivity index (χ3v) is 3.64. The molecule has 0 unspecified atom stereocenters. The summed E-state index contributed by atoms with van der Waals surface area (Å²) in [6.45, 7) is 3.99. The first-order valence-corrected chi connectivity index (χ1v) is 7.27. The highest BCUT2D eigenvalue weighted by atomic mass is 32.2. The average Bonchev–Trinajstić information content (AvgIpc) is 2.45. The van der Waals surface area contributed by atoms with Crippen LogP contribution in [0.1, 0.15) is 12.5 Å². The predicted molar refractivity (Wildman–Crippen MR) is 81.4 cm³/mol. The van der Waals surface area contributed by atoms with E-state index in [0.29, 0.717) is 5.75 Å². The lowest BCUT2D eigenvalue weighted by atomic mass is 10.1. The maximum Gasteiger partial charge on any atom is 0.132 e. The van der Waals surface area contributed by atoms with Gasteiger partial charge in [-0.3, -0.25) is 0 Å². The van der Waals surface area contributed by atoms with E-state index in [1.54, 1.807) is 26.0 Å². The van der Waals surface area contributed by atoms with E-state index in [4.69, 9.17) is 15.9 Å². The van der Waals surface area contributed by atoms with Crippen LogP contribution in [-0.4, -0.2) is 33.1 Å². The second-order valence-corrected chi connectivity index (χ2v) is 4.93. The molecule has 0 aliphatic heterocycles. The monoisotopic (exact) mass is 279 g/mol. The molecule has 0 bridgehead atoms. The van der Waals surface area contributed by atoms with Crippen LogP contribution in [0, 0.1) is 12.3 Å². The van der Waals surface area contributed by atoms with Gasteiger partial charge < -0.3 is 14.8 Å². The minimum absolute atomic E-state index is 0.621. The lowest BCUT2D eigenvalue weighted by Gasteiger charge is -2.14. The van der Waals surface area contributed by atoms with Gasteiger partial charge in [0, 0.05) is 0 Å². The van der Waals surface area contributed by atoms with Crippen molar-refractivity contribution in [1.82, 2.24) is 5.32 Å². The van der Waals surface area contributed by atoms with Crippen LogP contribution in [0.25, 0.3) is 0 Å². The van der Waals surface area contributed by atoms with Crippen molar-refractivity contribution in [3.63, 3.8) is 0 Å². The highest BCUT2D eigenvalue weighted by molar-refractivity contribution is 7.99. The molecule has 3 nitrogen and oxygen atoms in total. The number of ether oxygens (including phenoxy) is 2. The van der Waals surface area contributed by atoms with E-state index in [1.807, 2.05) is 12.1 Å². The van der Waals surface area contributed by atoms with E-state index in [-0.39, 0.29) is 0 Å². The first-order valence-electron chi connectivity index (χ1n) is 6.28. The Morgan fingerprint density at radius 2 is 2.00 bits per heavy atom. The van der Waals surface area contributed by atoms with Gasteiger partial charge in [0.2, 0.25) is 0 Å². The molecular formula is C15H21NO2S. The Morgan fingerprint density at radius 1 is 1.26 bits per heavy atom. The van der Waals surface area contributed by atoms with Crippen molar-refractivity contribution in [3.05, 3.63) is 17.7 Å². The average molecular weight is 279 g/mol. The summed E-state index contributed by atoms with van der Waals surface area (Å²) in [5.74, 6) is 4.98. The molecule has 0 fully saturated rings. The number of hydrogen-bond acceptors (Lipinski definition) is 4. The highest BCUT2D eigenvalue weighted by Crippen LogP contribution is 2.35. The van der Waals surface area contributed by atoms with Crippen molar-refractivity contribution in [3.8, 4) is 23.8 Å². The molecule has 0 amide bonds. The molecule has 0 radical (unpaired) electrons. The van der Waals surface area contributed by atoms with Gasteiger partial charge in [0.05, 0.1) is 24.9 Å². The summed E-state index contributed by atoms with van der Waals surface area (Å²) in [4.78, 5) is 1.02. The summed E-state index contributed by atoms with van der Waals surface area (Å²) >= 11 is 1.58. The van der Waals surface area contributed by atoms with E-state index >= 15 is 0 Å². The van der Waals surface area contributed by atoms with Crippen LogP contribution in [-0.2, 0) is 6.42 Å². The minimum Gasteiger partial charge on any atom is -0.496 e. The largest absolute Gasteiger partial charge is 0.496 e. The summed E-state index contributed by atoms with van der Waals surface area (Å²) < 4.78 is 10.9. The first kappa shape index (κ1) is 15.7. The number of rotatable bonds is 8. The minimum atomic E-state index is 0.621. The fourth-order valence-corrected chi connectivity index (χ4v) is 2.47. The van der Waals surface area contributed by atoms with E-state index in [2.05, 4.69) is 18.2 Å². The van der Waals surface area contributed by atoms with Crippen LogP contribution in [0.5, 0.6) is 11.5 Å². The second-order valence-electron chi connectivity index (χ2n) is 3.91. The van der Waals surface area contributed by atoms with E-state index in [9.17, 15) is 0 Å². The Labute approximate surface area is 120 Å². The quantitative estimate of drug-likeness (QED) is 0.450. The molecular weight excluding hydrogens is 258 g/mol.